The maximum absolute atomic E-state index is 12.4. The first-order valence-corrected chi connectivity index (χ1v) is 12.0. The molecule has 9 heteroatoms. The molecule has 0 unspecified atom stereocenters. The molecule has 1 amide bonds. The van der Waals surface area contributed by atoms with Gasteiger partial charge in [0, 0.05) is 31.1 Å². The summed E-state index contributed by atoms with van der Waals surface area (Å²) in [7, 11) is 1.95. The Morgan fingerprint density at radius 1 is 1.00 bits per heavy atom. The van der Waals surface area contributed by atoms with E-state index in [1.807, 2.05) is 41.9 Å². The van der Waals surface area contributed by atoms with E-state index in [9.17, 15) is 15.0 Å². The number of aliphatic hydroxyl groups is 2. The minimum Gasteiger partial charge on any atom is -0.457 e. The molecule has 0 atom stereocenters. The lowest BCUT2D eigenvalue weighted by atomic mass is 9.87. The first kappa shape index (κ1) is 26.1. The molecule has 4 aromatic rings. The van der Waals surface area contributed by atoms with Crippen molar-refractivity contribution in [2.75, 3.05) is 23.8 Å². The zero-order valence-electron chi connectivity index (χ0n) is 21.7. The number of aliphatic hydroxyl groups excluding tert-OH is 2. The SMILES string of the molecule is Cn1c(Nc2cccc(C(C)(C)C)c2)nc2cc(Oc3ccnc(NC(=O)C(C)(CO)CO)c3)ccc21. The molecule has 2 aromatic heterocycles. The van der Waals surface area contributed by atoms with Gasteiger partial charge in [0.1, 0.15) is 17.3 Å². The van der Waals surface area contributed by atoms with Crippen LogP contribution in [0.4, 0.5) is 17.5 Å². The highest BCUT2D eigenvalue weighted by Gasteiger charge is 2.32. The number of aromatic nitrogens is 3. The van der Waals surface area contributed by atoms with Gasteiger partial charge in [-0.3, -0.25) is 4.79 Å². The van der Waals surface area contributed by atoms with Gasteiger partial charge < -0.3 is 30.2 Å². The van der Waals surface area contributed by atoms with Crippen LogP contribution in [0.1, 0.15) is 33.3 Å². The second-order valence-corrected chi connectivity index (χ2v) is 10.4. The highest BCUT2D eigenvalue weighted by Crippen LogP contribution is 2.30. The van der Waals surface area contributed by atoms with E-state index in [1.165, 1.54) is 18.7 Å². The normalized spacial score (nSPS) is 12.0. The van der Waals surface area contributed by atoms with Crippen LogP contribution >= 0.6 is 0 Å². The van der Waals surface area contributed by atoms with Crippen LogP contribution in [0.5, 0.6) is 11.5 Å². The number of imidazole rings is 1. The number of carbonyl (C=O) groups is 1. The number of rotatable bonds is 8. The number of carbonyl (C=O) groups excluding carboxylic acids is 1. The average Bonchev–Trinajstić information content (AvgIpc) is 3.17. The Morgan fingerprint density at radius 2 is 1.73 bits per heavy atom. The van der Waals surface area contributed by atoms with Gasteiger partial charge in [-0.25, -0.2) is 9.97 Å². The smallest absolute Gasteiger partial charge is 0.236 e. The van der Waals surface area contributed by atoms with E-state index in [1.54, 1.807) is 12.1 Å². The van der Waals surface area contributed by atoms with Gasteiger partial charge in [-0.2, -0.15) is 0 Å². The molecule has 37 heavy (non-hydrogen) atoms. The molecule has 2 heterocycles. The lowest BCUT2D eigenvalue weighted by Gasteiger charge is -2.22. The molecule has 0 bridgehead atoms. The van der Waals surface area contributed by atoms with Crippen LogP contribution in [0.25, 0.3) is 11.0 Å². The number of hydrogen-bond acceptors (Lipinski definition) is 7. The Labute approximate surface area is 216 Å². The van der Waals surface area contributed by atoms with Gasteiger partial charge in [0.2, 0.25) is 11.9 Å². The topological polar surface area (TPSA) is 122 Å². The van der Waals surface area contributed by atoms with Gasteiger partial charge in [-0.15, -0.1) is 0 Å². The maximum atomic E-state index is 12.4. The van der Waals surface area contributed by atoms with Crippen molar-refractivity contribution in [1.29, 1.82) is 0 Å². The largest absolute Gasteiger partial charge is 0.457 e. The Kier molecular flexibility index (Phi) is 7.20. The van der Waals surface area contributed by atoms with E-state index in [2.05, 4.69) is 48.5 Å². The molecule has 0 spiro atoms. The number of hydrogen-bond donors (Lipinski definition) is 4. The van der Waals surface area contributed by atoms with Crippen LogP contribution in [-0.4, -0.2) is 43.9 Å². The molecule has 0 saturated heterocycles. The Bertz CT molecular complexity index is 1420. The van der Waals surface area contributed by atoms with Crippen molar-refractivity contribution in [2.45, 2.75) is 33.1 Å². The summed E-state index contributed by atoms with van der Waals surface area (Å²) >= 11 is 0. The van der Waals surface area contributed by atoms with Crippen LogP contribution in [0.15, 0.2) is 60.8 Å². The minimum absolute atomic E-state index is 0.0449. The highest BCUT2D eigenvalue weighted by atomic mass is 16.5. The quantitative estimate of drug-likeness (QED) is 0.274. The van der Waals surface area contributed by atoms with Gasteiger partial charge in [-0.05, 0) is 48.2 Å². The molecule has 4 N–H and O–H groups in total. The molecular weight excluding hydrogens is 470 g/mol. The van der Waals surface area contributed by atoms with Crippen molar-refractivity contribution in [1.82, 2.24) is 14.5 Å². The Morgan fingerprint density at radius 3 is 2.43 bits per heavy atom. The van der Waals surface area contributed by atoms with Crippen LogP contribution in [0, 0.1) is 5.41 Å². The molecule has 9 nitrogen and oxygen atoms in total. The van der Waals surface area contributed by atoms with Crippen LogP contribution in [0.2, 0.25) is 0 Å². The number of nitrogens with one attached hydrogen (secondary N) is 2. The van der Waals surface area contributed by atoms with E-state index in [4.69, 9.17) is 9.72 Å². The van der Waals surface area contributed by atoms with Gasteiger partial charge in [-0.1, -0.05) is 32.9 Å². The summed E-state index contributed by atoms with van der Waals surface area (Å²) < 4.78 is 8.00. The Balaban J connectivity index is 1.53. The van der Waals surface area contributed by atoms with Crippen LogP contribution in [0.3, 0.4) is 0 Å². The predicted molar refractivity (Wildman–Crippen MR) is 144 cm³/mol. The number of benzene rings is 2. The lowest BCUT2D eigenvalue weighted by molar-refractivity contribution is -0.129. The monoisotopic (exact) mass is 503 g/mol. The molecule has 0 aliphatic carbocycles. The molecule has 0 aliphatic rings. The van der Waals surface area contributed by atoms with Gasteiger partial charge in [0.05, 0.1) is 29.7 Å². The predicted octanol–water partition coefficient (Wildman–Crippen LogP) is 4.73. The third-order valence-electron chi connectivity index (χ3n) is 6.29. The summed E-state index contributed by atoms with van der Waals surface area (Å²) in [6, 6.07) is 17.2. The molecule has 0 radical (unpaired) electrons. The summed E-state index contributed by atoms with van der Waals surface area (Å²) in [5.74, 6) is 1.46. The fourth-order valence-corrected chi connectivity index (χ4v) is 3.69. The summed E-state index contributed by atoms with van der Waals surface area (Å²) in [5.41, 5.74) is 2.63. The van der Waals surface area contributed by atoms with E-state index < -0.39 is 24.5 Å². The van der Waals surface area contributed by atoms with Crippen LogP contribution in [-0.2, 0) is 17.3 Å². The zero-order chi connectivity index (χ0) is 26.8. The minimum atomic E-state index is -1.32. The molecule has 2 aromatic carbocycles. The first-order valence-electron chi connectivity index (χ1n) is 12.0. The highest BCUT2D eigenvalue weighted by molar-refractivity contribution is 5.94. The lowest BCUT2D eigenvalue weighted by Crippen LogP contribution is -2.40. The third kappa shape index (κ3) is 5.73. The number of ether oxygens (including phenoxy) is 1. The average molecular weight is 504 g/mol. The number of amides is 1. The fraction of sp³-hybridized carbons (Fsp3) is 0.321. The van der Waals surface area contributed by atoms with Gasteiger partial charge >= 0.3 is 0 Å². The molecule has 0 saturated carbocycles. The molecule has 0 fully saturated rings. The summed E-state index contributed by atoms with van der Waals surface area (Å²) in [5, 5.41) is 24.9. The number of fused-ring (bicyclic) bond motifs is 1. The molecule has 0 aliphatic heterocycles. The second kappa shape index (κ2) is 10.2. The van der Waals surface area contributed by atoms with Crippen molar-refractivity contribution in [3.63, 3.8) is 0 Å². The van der Waals surface area contributed by atoms with E-state index in [0.29, 0.717) is 17.4 Å². The van der Waals surface area contributed by atoms with Crippen molar-refractivity contribution < 1.29 is 19.7 Å². The summed E-state index contributed by atoms with van der Waals surface area (Å²) in [6.07, 6.45) is 1.51. The summed E-state index contributed by atoms with van der Waals surface area (Å²) in [4.78, 5) is 21.3. The maximum Gasteiger partial charge on any atom is 0.236 e. The third-order valence-corrected chi connectivity index (χ3v) is 6.29. The van der Waals surface area contributed by atoms with Gasteiger partial charge in [0.15, 0.2) is 0 Å². The van der Waals surface area contributed by atoms with Gasteiger partial charge in [0.25, 0.3) is 0 Å². The van der Waals surface area contributed by atoms with Crippen molar-refractivity contribution in [3.8, 4) is 11.5 Å². The zero-order valence-corrected chi connectivity index (χ0v) is 21.7. The summed E-state index contributed by atoms with van der Waals surface area (Å²) in [6.45, 7) is 7.04. The first-order chi connectivity index (χ1) is 17.5. The number of aryl methyl sites for hydroxylation is 1. The van der Waals surface area contributed by atoms with E-state index >= 15 is 0 Å². The van der Waals surface area contributed by atoms with Crippen LogP contribution < -0.4 is 15.4 Å². The van der Waals surface area contributed by atoms with Crippen molar-refractivity contribution in [3.05, 3.63) is 66.4 Å². The number of nitrogens with zero attached hydrogens (tertiary/aromatic N) is 3. The molecular formula is C28H33N5O4. The van der Waals surface area contributed by atoms with E-state index in [0.717, 1.165) is 16.7 Å². The number of anilines is 3. The second-order valence-electron chi connectivity index (χ2n) is 10.4. The number of pyridine rings is 1. The fourth-order valence-electron chi connectivity index (χ4n) is 3.69. The van der Waals surface area contributed by atoms with Crippen molar-refractivity contribution >= 4 is 34.4 Å². The van der Waals surface area contributed by atoms with E-state index in [-0.39, 0.29) is 11.2 Å². The standard InChI is InChI=1S/C28H33N5O4/c1-27(2,3)18-7-6-8-19(13-18)30-26-31-22-14-20(9-10-23(22)33(26)5)37-21-11-12-29-24(15-21)32-25(36)28(4,16-34)17-35/h6-15,34-35H,16-17H2,1-5H3,(H,30,31)(H,29,32,36). The molecule has 194 valence electrons. The molecule has 4 rings (SSSR count). The Hall–Kier alpha value is -3.95. The van der Waals surface area contributed by atoms with Crippen molar-refractivity contribution in [2.24, 2.45) is 12.5 Å².